The molecule has 96 valence electrons. The van der Waals surface area contributed by atoms with Gasteiger partial charge in [0.25, 0.3) is 0 Å². The van der Waals surface area contributed by atoms with Crippen molar-refractivity contribution in [1.82, 2.24) is 0 Å². The summed E-state index contributed by atoms with van der Waals surface area (Å²) in [6.07, 6.45) is 2.22. The van der Waals surface area contributed by atoms with Crippen molar-refractivity contribution in [2.24, 2.45) is 0 Å². The van der Waals surface area contributed by atoms with Gasteiger partial charge in [-0.05, 0) is 38.0 Å². The summed E-state index contributed by atoms with van der Waals surface area (Å²) in [7, 11) is 0. The Morgan fingerprint density at radius 1 is 1.17 bits per heavy atom. The molecule has 0 saturated carbocycles. The number of esters is 1. The minimum absolute atomic E-state index is 0.140. The number of benzene rings is 1. The summed E-state index contributed by atoms with van der Waals surface area (Å²) in [5.74, 6) is -0.161. The fourth-order valence-corrected chi connectivity index (χ4v) is 1.57. The molecule has 0 aromatic heterocycles. The van der Waals surface area contributed by atoms with E-state index in [0.29, 0.717) is 18.6 Å². The van der Waals surface area contributed by atoms with Crippen LogP contribution in [-0.4, -0.2) is 18.4 Å². The van der Waals surface area contributed by atoms with E-state index in [9.17, 15) is 9.59 Å². The van der Waals surface area contributed by atoms with E-state index in [4.69, 9.17) is 4.74 Å². The van der Waals surface area contributed by atoms with Crippen LogP contribution >= 0.6 is 0 Å². The lowest BCUT2D eigenvalue weighted by Crippen LogP contribution is -2.04. The Kier molecular flexibility index (Phi) is 5.31. The van der Waals surface area contributed by atoms with Crippen molar-refractivity contribution in [3.63, 3.8) is 0 Å². The molecule has 0 heterocycles. The van der Waals surface area contributed by atoms with E-state index in [1.165, 1.54) is 0 Å². The Morgan fingerprint density at radius 3 is 2.28 bits per heavy atom. The van der Waals surface area contributed by atoms with Crippen LogP contribution in [0.4, 0.5) is 0 Å². The summed E-state index contributed by atoms with van der Waals surface area (Å²) in [4.78, 5) is 22.4. The normalized spacial score (nSPS) is 11.2. The first-order valence-electron chi connectivity index (χ1n) is 5.96. The Labute approximate surface area is 107 Å². The fraction of sp³-hybridized carbons (Fsp3) is 0.333. The number of carbonyl (C=O) groups excluding carboxylic acids is 2. The SMILES string of the molecule is CCOC(=O)C(C)=Cc1ccc(CC(C)=O)cc1. The van der Waals surface area contributed by atoms with Gasteiger partial charge in [-0.2, -0.15) is 0 Å². The van der Waals surface area contributed by atoms with Crippen LogP contribution < -0.4 is 0 Å². The number of hydrogen-bond donors (Lipinski definition) is 0. The first-order chi connectivity index (χ1) is 8.52. The predicted molar refractivity (Wildman–Crippen MR) is 71.1 cm³/mol. The third-order valence-electron chi connectivity index (χ3n) is 2.41. The highest BCUT2D eigenvalue weighted by molar-refractivity contribution is 5.93. The van der Waals surface area contributed by atoms with Gasteiger partial charge in [-0.25, -0.2) is 4.79 Å². The summed E-state index contributed by atoms with van der Waals surface area (Å²) in [6, 6.07) is 7.57. The molecule has 0 aliphatic rings. The Morgan fingerprint density at radius 2 is 1.78 bits per heavy atom. The molecule has 0 fully saturated rings. The molecule has 1 aromatic carbocycles. The Hall–Kier alpha value is -1.90. The van der Waals surface area contributed by atoms with Crippen LogP contribution in [0, 0.1) is 0 Å². The van der Waals surface area contributed by atoms with Gasteiger partial charge in [-0.3, -0.25) is 4.79 Å². The molecule has 0 amide bonds. The van der Waals surface area contributed by atoms with Gasteiger partial charge in [-0.15, -0.1) is 0 Å². The zero-order chi connectivity index (χ0) is 13.5. The van der Waals surface area contributed by atoms with E-state index in [1.54, 1.807) is 26.8 Å². The predicted octanol–water partition coefficient (Wildman–Crippen LogP) is 2.78. The molecule has 0 bridgehead atoms. The monoisotopic (exact) mass is 246 g/mol. The van der Waals surface area contributed by atoms with Crippen LogP contribution in [0.15, 0.2) is 29.8 Å². The Balaban J connectivity index is 2.76. The van der Waals surface area contributed by atoms with Gasteiger partial charge in [0.2, 0.25) is 0 Å². The minimum atomic E-state index is -0.301. The highest BCUT2D eigenvalue weighted by Gasteiger charge is 2.04. The molecule has 1 aromatic rings. The fourth-order valence-electron chi connectivity index (χ4n) is 1.57. The van der Waals surface area contributed by atoms with Crippen LogP contribution in [-0.2, 0) is 20.7 Å². The van der Waals surface area contributed by atoms with Gasteiger partial charge in [0, 0.05) is 12.0 Å². The largest absolute Gasteiger partial charge is 0.463 e. The molecular formula is C15H18O3. The molecule has 0 aliphatic heterocycles. The molecule has 0 atom stereocenters. The maximum absolute atomic E-state index is 11.4. The van der Waals surface area contributed by atoms with Gasteiger partial charge >= 0.3 is 5.97 Å². The first kappa shape index (κ1) is 14.2. The zero-order valence-corrected chi connectivity index (χ0v) is 11.0. The number of ether oxygens (including phenoxy) is 1. The summed E-state index contributed by atoms with van der Waals surface area (Å²) in [5, 5.41) is 0. The number of Topliss-reactive ketones (excluding diaryl/α,β-unsaturated/α-hetero) is 1. The quantitative estimate of drug-likeness (QED) is 0.592. The highest BCUT2D eigenvalue weighted by atomic mass is 16.5. The average molecular weight is 246 g/mol. The molecule has 0 unspecified atom stereocenters. The second kappa shape index (κ2) is 6.74. The molecule has 0 N–H and O–H groups in total. The van der Waals surface area contributed by atoms with Gasteiger partial charge in [0.05, 0.1) is 6.61 Å². The van der Waals surface area contributed by atoms with Crippen molar-refractivity contribution in [1.29, 1.82) is 0 Å². The number of carbonyl (C=O) groups is 2. The molecule has 0 spiro atoms. The number of rotatable bonds is 5. The van der Waals surface area contributed by atoms with Crippen molar-refractivity contribution in [3.8, 4) is 0 Å². The van der Waals surface area contributed by atoms with E-state index in [1.807, 2.05) is 24.3 Å². The van der Waals surface area contributed by atoms with E-state index in [-0.39, 0.29) is 11.8 Å². The molecule has 0 radical (unpaired) electrons. The number of hydrogen-bond acceptors (Lipinski definition) is 3. The molecule has 1 rings (SSSR count). The van der Waals surface area contributed by atoms with Crippen LogP contribution in [0.3, 0.4) is 0 Å². The molecule has 3 heteroatoms. The van der Waals surface area contributed by atoms with Crippen LogP contribution in [0.2, 0.25) is 0 Å². The molecule has 18 heavy (non-hydrogen) atoms. The highest BCUT2D eigenvalue weighted by Crippen LogP contribution is 2.10. The summed E-state index contributed by atoms with van der Waals surface area (Å²) < 4.78 is 4.90. The Bertz CT molecular complexity index is 455. The average Bonchev–Trinajstić information content (AvgIpc) is 2.31. The smallest absolute Gasteiger partial charge is 0.333 e. The summed E-state index contributed by atoms with van der Waals surface area (Å²) in [5.41, 5.74) is 2.47. The minimum Gasteiger partial charge on any atom is -0.463 e. The number of ketones is 1. The zero-order valence-electron chi connectivity index (χ0n) is 11.0. The van der Waals surface area contributed by atoms with Gasteiger partial charge in [0.1, 0.15) is 5.78 Å². The van der Waals surface area contributed by atoms with Crippen molar-refractivity contribution in [3.05, 3.63) is 41.0 Å². The van der Waals surface area contributed by atoms with Crippen molar-refractivity contribution in [2.45, 2.75) is 27.2 Å². The summed E-state index contributed by atoms with van der Waals surface area (Å²) >= 11 is 0. The third-order valence-corrected chi connectivity index (χ3v) is 2.41. The lowest BCUT2D eigenvalue weighted by atomic mass is 10.1. The lowest BCUT2D eigenvalue weighted by Gasteiger charge is -2.02. The maximum atomic E-state index is 11.4. The molecule has 0 aliphatic carbocycles. The first-order valence-corrected chi connectivity index (χ1v) is 5.96. The van der Waals surface area contributed by atoms with Gasteiger partial charge in [-0.1, -0.05) is 24.3 Å². The van der Waals surface area contributed by atoms with E-state index >= 15 is 0 Å². The topological polar surface area (TPSA) is 43.4 Å². The second-order valence-corrected chi connectivity index (χ2v) is 4.17. The molecular weight excluding hydrogens is 228 g/mol. The molecule has 3 nitrogen and oxygen atoms in total. The standard InChI is InChI=1S/C15H18O3/c1-4-18-15(17)11(2)9-13-5-7-14(8-6-13)10-12(3)16/h5-9H,4,10H2,1-3H3. The lowest BCUT2D eigenvalue weighted by molar-refractivity contribution is -0.138. The van der Waals surface area contributed by atoms with Crippen LogP contribution in [0.1, 0.15) is 31.9 Å². The van der Waals surface area contributed by atoms with Crippen molar-refractivity contribution < 1.29 is 14.3 Å². The van der Waals surface area contributed by atoms with E-state index in [2.05, 4.69) is 0 Å². The van der Waals surface area contributed by atoms with Crippen LogP contribution in [0.25, 0.3) is 6.08 Å². The van der Waals surface area contributed by atoms with Crippen molar-refractivity contribution in [2.75, 3.05) is 6.61 Å². The van der Waals surface area contributed by atoms with Gasteiger partial charge < -0.3 is 4.74 Å². The second-order valence-electron chi connectivity index (χ2n) is 4.17. The van der Waals surface area contributed by atoms with Crippen molar-refractivity contribution >= 4 is 17.8 Å². The van der Waals surface area contributed by atoms with Crippen LogP contribution in [0.5, 0.6) is 0 Å². The third kappa shape index (κ3) is 4.53. The van der Waals surface area contributed by atoms with E-state index in [0.717, 1.165) is 11.1 Å². The van der Waals surface area contributed by atoms with Gasteiger partial charge in [0.15, 0.2) is 0 Å². The molecule has 0 saturated heterocycles. The van der Waals surface area contributed by atoms with E-state index < -0.39 is 0 Å². The summed E-state index contributed by atoms with van der Waals surface area (Å²) in [6.45, 7) is 5.45. The maximum Gasteiger partial charge on any atom is 0.333 e.